The van der Waals surface area contributed by atoms with Crippen molar-refractivity contribution >= 4 is 5.91 Å². The second kappa shape index (κ2) is 4.92. The van der Waals surface area contributed by atoms with Crippen molar-refractivity contribution in [2.24, 2.45) is 11.8 Å². The third kappa shape index (κ3) is 2.48. The number of hydrogen-bond donors (Lipinski definition) is 1. The molecule has 2 fully saturated rings. The predicted molar refractivity (Wildman–Crippen MR) is 56.3 cm³/mol. The maximum Gasteiger partial charge on any atom is 0.226 e. The van der Waals surface area contributed by atoms with Gasteiger partial charge in [-0.3, -0.25) is 9.18 Å². The Labute approximate surface area is 90.0 Å². The van der Waals surface area contributed by atoms with Crippen LogP contribution >= 0.6 is 0 Å². The zero-order valence-electron chi connectivity index (χ0n) is 9.04. The Hall–Kier alpha value is -0.640. The number of rotatable bonds is 2. The van der Waals surface area contributed by atoms with Gasteiger partial charge in [0.2, 0.25) is 5.91 Å². The highest BCUT2D eigenvalue weighted by atomic mass is 19.1. The van der Waals surface area contributed by atoms with Crippen LogP contribution in [0.3, 0.4) is 0 Å². The molecule has 4 heteroatoms. The number of carbonyl (C=O) groups excluding carboxylic acids is 1. The minimum Gasteiger partial charge on any atom is -0.342 e. The zero-order valence-corrected chi connectivity index (χ0v) is 9.04. The summed E-state index contributed by atoms with van der Waals surface area (Å²) < 4.78 is 12.4. The van der Waals surface area contributed by atoms with Crippen LogP contribution in [0.25, 0.3) is 0 Å². The number of alkyl halides is 1. The lowest BCUT2D eigenvalue weighted by molar-refractivity contribution is -0.135. The average Bonchev–Trinajstić information content (AvgIpc) is 2.78. The smallest absolute Gasteiger partial charge is 0.226 e. The van der Waals surface area contributed by atoms with Crippen molar-refractivity contribution in [1.82, 2.24) is 10.2 Å². The molecule has 1 amide bonds. The molecule has 15 heavy (non-hydrogen) atoms. The summed E-state index contributed by atoms with van der Waals surface area (Å²) in [6.07, 6.45) is 2.90. The molecule has 2 heterocycles. The highest BCUT2D eigenvalue weighted by Gasteiger charge is 2.31. The number of nitrogens with zero attached hydrogens (tertiary/aromatic N) is 1. The maximum absolute atomic E-state index is 12.4. The first-order valence-corrected chi connectivity index (χ1v) is 5.86. The molecule has 2 aliphatic heterocycles. The number of likely N-dealkylation sites (tertiary alicyclic amines) is 1. The van der Waals surface area contributed by atoms with Gasteiger partial charge in [0.1, 0.15) is 0 Å². The Morgan fingerprint density at radius 3 is 2.93 bits per heavy atom. The fourth-order valence-corrected chi connectivity index (χ4v) is 2.48. The van der Waals surface area contributed by atoms with E-state index in [0.29, 0.717) is 6.54 Å². The summed E-state index contributed by atoms with van der Waals surface area (Å²) in [5.41, 5.74) is 0. The molecule has 2 saturated heterocycles. The van der Waals surface area contributed by atoms with Crippen molar-refractivity contribution in [3.05, 3.63) is 0 Å². The molecular formula is C11H19FN2O. The summed E-state index contributed by atoms with van der Waals surface area (Å²) >= 11 is 0. The van der Waals surface area contributed by atoms with Crippen LogP contribution < -0.4 is 5.32 Å². The first-order valence-electron chi connectivity index (χ1n) is 5.86. The number of hydrogen-bond acceptors (Lipinski definition) is 2. The van der Waals surface area contributed by atoms with Gasteiger partial charge in [-0.2, -0.15) is 0 Å². The number of halogens is 1. The highest BCUT2D eigenvalue weighted by molar-refractivity contribution is 5.79. The summed E-state index contributed by atoms with van der Waals surface area (Å²) in [6, 6.07) is 0. The van der Waals surface area contributed by atoms with Crippen LogP contribution in [0.15, 0.2) is 0 Å². The normalized spacial score (nSPS) is 31.9. The van der Waals surface area contributed by atoms with Crippen molar-refractivity contribution in [2.45, 2.75) is 19.3 Å². The zero-order chi connectivity index (χ0) is 10.7. The van der Waals surface area contributed by atoms with Crippen LogP contribution in [0.5, 0.6) is 0 Å². The van der Waals surface area contributed by atoms with Crippen molar-refractivity contribution in [2.75, 3.05) is 32.9 Å². The highest BCUT2D eigenvalue weighted by Crippen LogP contribution is 2.21. The van der Waals surface area contributed by atoms with Crippen LogP contribution in [-0.2, 0) is 4.79 Å². The van der Waals surface area contributed by atoms with E-state index in [-0.39, 0.29) is 24.4 Å². The molecule has 0 aromatic rings. The van der Waals surface area contributed by atoms with E-state index in [1.54, 1.807) is 0 Å². The second-order valence-corrected chi connectivity index (χ2v) is 4.64. The minimum atomic E-state index is -0.285. The lowest BCUT2D eigenvalue weighted by Gasteiger charge is -2.26. The molecule has 2 atom stereocenters. The van der Waals surface area contributed by atoms with E-state index < -0.39 is 0 Å². The van der Waals surface area contributed by atoms with Crippen LogP contribution in [-0.4, -0.2) is 43.7 Å². The predicted octanol–water partition coefficient (Wildman–Crippen LogP) is 0.804. The molecule has 0 spiro atoms. The minimum absolute atomic E-state index is 0.0884. The average molecular weight is 214 g/mol. The van der Waals surface area contributed by atoms with E-state index in [9.17, 15) is 9.18 Å². The van der Waals surface area contributed by atoms with E-state index in [4.69, 9.17) is 0 Å². The third-order valence-corrected chi connectivity index (χ3v) is 3.46. The Bertz CT molecular complexity index is 229. The van der Waals surface area contributed by atoms with E-state index in [2.05, 4.69) is 5.32 Å². The van der Waals surface area contributed by atoms with Crippen LogP contribution in [0.1, 0.15) is 19.3 Å². The molecule has 0 aromatic heterocycles. The molecule has 0 saturated carbocycles. The van der Waals surface area contributed by atoms with Crippen molar-refractivity contribution in [3.8, 4) is 0 Å². The van der Waals surface area contributed by atoms with Gasteiger partial charge in [-0.15, -0.1) is 0 Å². The SMILES string of the molecule is O=C([C@@H]1CCCNC1)N1CC[C@H](CF)C1. The van der Waals surface area contributed by atoms with E-state index in [0.717, 1.165) is 38.9 Å². The number of amides is 1. The second-order valence-electron chi connectivity index (χ2n) is 4.64. The first kappa shape index (κ1) is 10.9. The van der Waals surface area contributed by atoms with Gasteiger partial charge in [0.15, 0.2) is 0 Å². The molecule has 1 N–H and O–H groups in total. The standard InChI is InChI=1S/C11H19FN2O/c12-6-9-3-5-14(8-9)11(15)10-2-1-4-13-7-10/h9-10,13H,1-8H2/t9-,10-/m1/s1. The molecule has 0 aliphatic carbocycles. The van der Waals surface area contributed by atoms with Gasteiger partial charge in [-0.25, -0.2) is 0 Å². The molecule has 86 valence electrons. The first-order chi connectivity index (χ1) is 7.31. The van der Waals surface area contributed by atoms with Crippen molar-refractivity contribution in [3.63, 3.8) is 0 Å². The lowest BCUT2D eigenvalue weighted by atomic mass is 9.98. The lowest BCUT2D eigenvalue weighted by Crippen LogP contribution is -2.42. The van der Waals surface area contributed by atoms with Crippen molar-refractivity contribution in [1.29, 1.82) is 0 Å². The summed E-state index contributed by atoms with van der Waals surface area (Å²) in [5.74, 6) is 0.459. The molecule has 0 unspecified atom stereocenters. The third-order valence-electron chi connectivity index (χ3n) is 3.46. The molecule has 2 rings (SSSR count). The van der Waals surface area contributed by atoms with E-state index in [1.165, 1.54) is 0 Å². The summed E-state index contributed by atoms with van der Waals surface area (Å²) in [4.78, 5) is 13.9. The number of nitrogens with one attached hydrogen (secondary N) is 1. The van der Waals surface area contributed by atoms with Gasteiger partial charge in [0, 0.05) is 25.6 Å². The van der Waals surface area contributed by atoms with Gasteiger partial charge in [-0.1, -0.05) is 0 Å². The van der Waals surface area contributed by atoms with Crippen LogP contribution in [0.2, 0.25) is 0 Å². The maximum atomic E-state index is 12.4. The van der Waals surface area contributed by atoms with Gasteiger partial charge < -0.3 is 10.2 Å². The van der Waals surface area contributed by atoms with Gasteiger partial charge in [0.05, 0.1) is 12.6 Å². The monoisotopic (exact) mass is 214 g/mol. The molecular weight excluding hydrogens is 195 g/mol. The summed E-state index contributed by atoms with van der Waals surface area (Å²) in [7, 11) is 0. The van der Waals surface area contributed by atoms with E-state index in [1.807, 2.05) is 4.90 Å². The summed E-state index contributed by atoms with van der Waals surface area (Å²) in [5, 5.41) is 3.24. The number of piperidine rings is 1. The molecule has 2 aliphatic rings. The van der Waals surface area contributed by atoms with E-state index >= 15 is 0 Å². The van der Waals surface area contributed by atoms with Crippen LogP contribution in [0, 0.1) is 11.8 Å². The Morgan fingerprint density at radius 1 is 1.47 bits per heavy atom. The summed E-state index contributed by atoms with van der Waals surface area (Å²) in [6.45, 7) is 2.93. The molecule has 0 aromatic carbocycles. The fraction of sp³-hybridized carbons (Fsp3) is 0.909. The topological polar surface area (TPSA) is 32.3 Å². The molecule has 0 bridgehead atoms. The fourth-order valence-electron chi connectivity index (χ4n) is 2.48. The Morgan fingerprint density at radius 2 is 2.33 bits per heavy atom. The number of carbonyl (C=O) groups is 1. The van der Waals surface area contributed by atoms with Gasteiger partial charge >= 0.3 is 0 Å². The molecule has 0 radical (unpaired) electrons. The van der Waals surface area contributed by atoms with Crippen LogP contribution in [0.4, 0.5) is 4.39 Å². The quantitative estimate of drug-likeness (QED) is 0.737. The Balaban J connectivity index is 1.85. The van der Waals surface area contributed by atoms with Gasteiger partial charge in [-0.05, 0) is 25.8 Å². The molecule has 3 nitrogen and oxygen atoms in total. The Kier molecular flexibility index (Phi) is 3.57. The van der Waals surface area contributed by atoms with Crippen molar-refractivity contribution < 1.29 is 9.18 Å². The van der Waals surface area contributed by atoms with Gasteiger partial charge in [0.25, 0.3) is 0 Å². The largest absolute Gasteiger partial charge is 0.342 e.